The molecule has 0 amide bonds. The third kappa shape index (κ3) is 1.40. The quantitative estimate of drug-likeness (QED) is 0.698. The second-order valence-corrected chi connectivity index (χ2v) is 4.85. The minimum absolute atomic E-state index is 0.663. The minimum Gasteiger partial charge on any atom is -0.192 e. The molecular weight excluding hydrogens is 234 g/mol. The molecule has 1 aromatic carbocycles. The second-order valence-electron chi connectivity index (χ2n) is 2.71. The van der Waals surface area contributed by atoms with E-state index in [1.54, 1.807) is 23.1 Å². The van der Waals surface area contributed by atoms with E-state index in [1.807, 2.05) is 23.8 Å². The van der Waals surface area contributed by atoms with Crippen LogP contribution in [-0.4, -0.2) is 6.26 Å². The van der Waals surface area contributed by atoms with Crippen molar-refractivity contribution in [2.45, 2.75) is 4.90 Å². The van der Waals surface area contributed by atoms with Crippen molar-refractivity contribution in [2.24, 2.45) is 0 Å². The highest BCUT2D eigenvalue weighted by atomic mass is 35.5. The van der Waals surface area contributed by atoms with Crippen LogP contribution in [0.4, 0.5) is 0 Å². The van der Waals surface area contributed by atoms with E-state index in [4.69, 9.17) is 16.9 Å². The van der Waals surface area contributed by atoms with E-state index >= 15 is 0 Å². The lowest BCUT2D eigenvalue weighted by atomic mass is 10.2. The number of nitrogens with zero attached hydrogens (tertiary/aromatic N) is 1. The van der Waals surface area contributed by atoms with Crippen molar-refractivity contribution in [3.05, 3.63) is 28.1 Å². The maximum Gasteiger partial charge on any atom is 0.101 e. The number of rotatable bonds is 1. The Morgan fingerprint density at radius 3 is 2.93 bits per heavy atom. The Balaban J connectivity index is 2.89. The summed E-state index contributed by atoms with van der Waals surface area (Å²) in [5, 5.41) is 12.3. The molecule has 2 rings (SSSR count). The fraction of sp³-hybridized carbons (Fsp3) is 0.100. The first-order valence-corrected chi connectivity index (χ1v) is 6.40. The summed E-state index contributed by atoms with van der Waals surface area (Å²) >= 11 is 9.31. The van der Waals surface area contributed by atoms with Gasteiger partial charge in [-0.3, -0.25) is 0 Å². The molecule has 0 N–H and O–H groups in total. The molecule has 1 nitrogen and oxygen atoms in total. The van der Waals surface area contributed by atoms with Gasteiger partial charge in [0.15, 0.2) is 0 Å². The maximum atomic E-state index is 8.90. The zero-order chi connectivity index (χ0) is 10.1. The molecule has 0 fully saturated rings. The molecule has 70 valence electrons. The van der Waals surface area contributed by atoms with Gasteiger partial charge in [-0.25, -0.2) is 0 Å². The van der Waals surface area contributed by atoms with Gasteiger partial charge in [0.05, 0.1) is 15.3 Å². The number of hydrogen-bond donors (Lipinski definition) is 0. The third-order valence-corrected chi connectivity index (χ3v) is 4.21. The zero-order valence-electron chi connectivity index (χ0n) is 7.37. The van der Waals surface area contributed by atoms with Crippen molar-refractivity contribution in [2.75, 3.05) is 6.26 Å². The normalized spacial score (nSPS) is 10.4. The lowest BCUT2D eigenvalue weighted by Crippen LogP contribution is -1.75. The molecule has 0 atom stereocenters. The highest BCUT2D eigenvalue weighted by Gasteiger charge is 2.10. The van der Waals surface area contributed by atoms with Crippen LogP contribution < -0.4 is 0 Å². The monoisotopic (exact) mass is 239 g/mol. The van der Waals surface area contributed by atoms with E-state index in [0.717, 1.165) is 10.1 Å². The van der Waals surface area contributed by atoms with Crippen LogP contribution in [0.5, 0.6) is 0 Å². The number of fused-ring (bicyclic) bond motifs is 1. The number of thioether (sulfide) groups is 1. The van der Waals surface area contributed by atoms with E-state index in [0.29, 0.717) is 10.6 Å². The summed E-state index contributed by atoms with van der Waals surface area (Å²) in [6, 6.07) is 6.00. The summed E-state index contributed by atoms with van der Waals surface area (Å²) in [5.74, 6) is 0. The lowest BCUT2D eigenvalue weighted by Gasteiger charge is -2.00. The van der Waals surface area contributed by atoms with E-state index in [2.05, 4.69) is 6.07 Å². The van der Waals surface area contributed by atoms with Gasteiger partial charge in [-0.1, -0.05) is 11.6 Å². The highest BCUT2D eigenvalue weighted by molar-refractivity contribution is 7.99. The average molecular weight is 240 g/mol. The summed E-state index contributed by atoms with van der Waals surface area (Å²) in [4.78, 5) is 1.18. The number of benzene rings is 1. The van der Waals surface area contributed by atoms with E-state index in [9.17, 15) is 0 Å². The van der Waals surface area contributed by atoms with Crippen LogP contribution in [0.3, 0.4) is 0 Å². The molecule has 1 heterocycles. The molecule has 0 unspecified atom stereocenters. The Morgan fingerprint density at radius 1 is 1.50 bits per heavy atom. The Labute approximate surface area is 95.3 Å². The van der Waals surface area contributed by atoms with Gasteiger partial charge >= 0.3 is 0 Å². The SMILES string of the molecule is CSc1ccc(Cl)c2c(C#N)csc12. The Bertz CT molecular complexity index is 525. The van der Waals surface area contributed by atoms with Crippen molar-refractivity contribution in [1.29, 1.82) is 5.26 Å². The molecule has 14 heavy (non-hydrogen) atoms. The molecule has 0 radical (unpaired) electrons. The largest absolute Gasteiger partial charge is 0.192 e. The van der Waals surface area contributed by atoms with Crippen molar-refractivity contribution in [3.63, 3.8) is 0 Å². The Hall–Kier alpha value is -0.690. The van der Waals surface area contributed by atoms with Crippen LogP contribution in [0.15, 0.2) is 22.4 Å². The summed E-state index contributed by atoms with van der Waals surface area (Å²) in [5.41, 5.74) is 0.672. The molecule has 4 heteroatoms. The molecule has 0 bridgehead atoms. The van der Waals surface area contributed by atoms with Gasteiger partial charge in [-0.05, 0) is 18.4 Å². The van der Waals surface area contributed by atoms with Crippen LogP contribution in [-0.2, 0) is 0 Å². The molecule has 0 saturated carbocycles. The molecule has 1 aromatic heterocycles. The summed E-state index contributed by atoms with van der Waals surface area (Å²) in [6.45, 7) is 0. The van der Waals surface area contributed by atoms with E-state index in [-0.39, 0.29) is 0 Å². The van der Waals surface area contributed by atoms with Crippen molar-refractivity contribution in [3.8, 4) is 6.07 Å². The molecule has 0 saturated heterocycles. The topological polar surface area (TPSA) is 23.8 Å². The number of halogens is 1. The van der Waals surface area contributed by atoms with Crippen molar-refractivity contribution >= 4 is 44.8 Å². The van der Waals surface area contributed by atoms with Gasteiger partial charge in [0.25, 0.3) is 0 Å². The Morgan fingerprint density at radius 2 is 2.29 bits per heavy atom. The summed E-state index contributed by atoms with van der Waals surface area (Å²) < 4.78 is 1.11. The predicted molar refractivity (Wildman–Crippen MR) is 63.3 cm³/mol. The third-order valence-electron chi connectivity index (χ3n) is 1.98. The van der Waals surface area contributed by atoms with E-state index < -0.39 is 0 Å². The second kappa shape index (κ2) is 3.82. The first-order valence-electron chi connectivity index (χ1n) is 3.91. The first-order chi connectivity index (χ1) is 6.77. The predicted octanol–water partition coefficient (Wildman–Crippen LogP) is 4.15. The van der Waals surface area contributed by atoms with Crippen LogP contribution in [0.25, 0.3) is 10.1 Å². The van der Waals surface area contributed by atoms with Crippen LogP contribution >= 0.6 is 34.7 Å². The van der Waals surface area contributed by atoms with Gasteiger partial charge in [0.1, 0.15) is 6.07 Å². The van der Waals surface area contributed by atoms with Crippen LogP contribution in [0.1, 0.15) is 5.56 Å². The standard InChI is InChI=1S/C10H6ClNS2/c1-13-8-3-2-7(11)9-6(4-12)5-14-10(8)9/h2-3,5H,1H3. The smallest absolute Gasteiger partial charge is 0.101 e. The van der Waals surface area contributed by atoms with Crippen LogP contribution in [0.2, 0.25) is 5.02 Å². The molecular formula is C10H6ClNS2. The summed E-state index contributed by atoms with van der Waals surface area (Å²) in [7, 11) is 0. The molecule has 0 aliphatic rings. The zero-order valence-corrected chi connectivity index (χ0v) is 9.76. The van der Waals surface area contributed by atoms with Gasteiger partial charge < -0.3 is 0 Å². The molecule has 0 spiro atoms. The van der Waals surface area contributed by atoms with Gasteiger partial charge in [0, 0.05) is 15.7 Å². The van der Waals surface area contributed by atoms with Gasteiger partial charge in [-0.15, -0.1) is 23.1 Å². The summed E-state index contributed by atoms with van der Waals surface area (Å²) in [6.07, 6.45) is 2.02. The highest BCUT2D eigenvalue weighted by Crippen LogP contribution is 2.37. The molecule has 2 aromatic rings. The van der Waals surface area contributed by atoms with Gasteiger partial charge in [-0.2, -0.15) is 5.26 Å². The number of nitriles is 1. The number of hydrogen-bond acceptors (Lipinski definition) is 3. The first kappa shape index (κ1) is 9.85. The fourth-order valence-electron chi connectivity index (χ4n) is 1.33. The lowest BCUT2D eigenvalue weighted by molar-refractivity contribution is 1.51. The van der Waals surface area contributed by atoms with Crippen LogP contribution in [0, 0.1) is 11.3 Å². The average Bonchev–Trinajstić information content (AvgIpc) is 2.63. The van der Waals surface area contributed by atoms with Crippen molar-refractivity contribution < 1.29 is 0 Å². The maximum absolute atomic E-state index is 8.90. The minimum atomic E-state index is 0.663. The van der Waals surface area contributed by atoms with Crippen molar-refractivity contribution in [1.82, 2.24) is 0 Å². The molecule has 0 aliphatic heterocycles. The van der Waals surface area contributed by atoms with E-state index in [1.165, 1.54) is 4.90 Å². The fourth-order valence-corrected chi connectivity index (χ4v) is 3.46. The Kier molecular flexibility index (Phi) is 2.69. The molecule has 0 aliphatic carbocycles. The van der Waals surface area contributed by atoms with Gasteiger partial charge in [0.2, 0.25) is 0 Å². The number of thiophene rings is 1.